The van der Waals surface area contributed by atoms with Gasteiger partial charge in [0.05, 0.1) is 5.60 Å². The van der Waals surface area contributed by atoms with E-state index in [2.05, 4.69) is 26.1 Å². The molecule has 0 saturated carbocycles. The fraction of sp³-hybridized carbons (Fsp3) is 1.00. The molecule has 0 amide bonds. The smallest absolute Gasteiger partial charge is 0.0787 e. The van der Waals surface area contributed by atoms with Gasteiger partial charge in [0, 0.05) is 12.6 Å². The van der Waals surface area contributed by atoms with E-state index in [9.17, 15) is 5.11 Å². The zero-order valence-electron chi connectivity index (χ0n) is 9.55. The van der Waals surface area contributed by atoms with Gasteiger partial charge in [0.2, 0.25) is 0 Å². The van der Waals surface area contributed by atoms with Gasteiger partial charge in [0.25, 0.3) is 0 Å². The van der Waals surface area contributed by atoms with Crippen LogP contribution in [0.4, 0.5) is 0 Å². The van der Waals surface area contributed by atoms with Crippen molar-refractivity contribution >= 4 is 11.8 Å². The van der Waals surface area contributed by atoms with Crippen LogP contribution in [0, 0.1) is 5.92 Å². The molecule has 1 aliphatic rings. The van der Waals surface area contributed by atoms with Crippen LogP contribution in [-0.4, -0.2) is 34.8 Å². The number of hydrogen-bond donors (Lipinski definition) is 2. The molecule has 0 aromatic heterocycles. The number of thioether (sulfide) groups is 1. The van der Waals surface area contributed by atoms with E-state index < -0.39 is 5.60 Å². The number of nitrogens with one attached hydrogen (secondary N) is 1. The molecule has 2 N–H and O–H groups in total. The number of rotatable bonds is 4. The summed E-state index contributed by atoms with van der Waals surface area (Å²) in [5.74, 6) is 2.85. The van der Waals surface area contributed by atoms with Crippen LogP contribution in [0.15, 0.2) is 0 Å². The molecule has 14 heavy (non-hydrogen) atoms. The molecular weight excluding hydrogens is 194 g/mol. The van der Waals surface area contributed by atoms with Crippen molar-refractivity contribution < 1.29 is 5.11 Å². The second-order valence-corrected chi connectivity index (χ2v) is 5.98. The van der Waals surface area contributed by atoms with Gasteiger partial charge >= 0.3 is 0 Å². The summed E-state index contributed by atoms with van der Waals surface area (Å²) in [6.07, 6.45) is 1.88. The lowest BCUT2D eigenvalue weighted by atomic mass is 9.95. The van der Waals surface area contributed by atoms with E-state index in [1.807, 2.05) is 11.8 Å². The standard InChI is InChI=1S/C11H23NOS/c1-9(2)10(3)12-8-11(13)4-6-14-7-5-11/h9-10,12-13H,4-8H2,1-3H3. The quantitative estimate of drug-likeness (QED) is 0.754. The van der Waals surface area contributed by atoms with E-state index in [0.717, 1.165) is 30.9 Å². The Balaban J connectivity index is 2.28. The normalized spacial score (nSPS) is 23.8. The average molecular weight is 217 g/mol. The molecule has 0 spiro atoms. The summed E-state index contributed by atoms with van der Waals surface area (Å²) in [6.45, 7) is 7.36. The second-order valence-electron chi connectivity index (χ2n) is 4.75. The number of aliphatic hydroxyl groups is 1. The number of hydrogen-bond acceptors (Lipinski definition) is 3. The second kappa shape index (κ2) is 5.38. The first-order valence-corrected chi connectivity index (χ1v) is 6.72. The van der Waals surface area contributed by atoms with Crippen molar-refractivity contribution in [2.24, 2.45) is 5.92 Å². The third-order valence-corrected chi connectivity index (χ3v) is 4.16. The highest BCUT2D eigenvalue weighted by Crippen LogP contribution is 2.26. The first-order valence-electron chi connectivity index (χ1n) is 5.57. The van der Waals surface area contributed by atoms with Gasteiger partial charge in [-0.15, -0.1) is 0 Å². The van der Waals surface area contributed by atoms with Gasteiger partial charge in [-0.05, 0) is 37.2 Å². The van der Waals surface area contributed by atoms with Crippen LogP contribution in [0.2, 0.25) is 0 Å². The minimum Gasteiger partial charge on any atom is -0.389 e. The van der Waals surface area contributed by atoms with Gasteiger partial charge in [0.1, 0.15) is 0 Å². The van der Waals surface area contributed by atoms with Gasteiger partial charge < -0.3 is 10.4 Å². The Kier molecular flexibility index (Phi) is 4.74. The predicted molar refractivity (Wildman–Crippen MR) is 63.8 cm³/mol. The molecule has 2 nitrogen and oxygen atoms in total. The Morgan fingerprint density at radius 3 is 2.36 bits per heavy atom. The third kappa shape index (κ3) is 3.79. The van der Waals surface area contributed by atoms with Gasteiger partial charge in [-0.3, -0.25) is 0 Å². The summed E-state index contributed by atoms with van der Waals surface area (Å²) in [6, 6.07) is 0.494. The van der Waals surface area contributed by atoms with Crippen molar-refractivity contribution in [3.8, 4) is 0 Å². The minimum absolute atomic E-state index is 0.436. The van der Waals surface area contributed by atoms with Crippen molar-refractivity contribution in [1.29, 1.82) is 0 Å². The third-order valence-electron chi connectivity index (χ3n) is 3.18. The van der Waals surface area contributed by atoms with Crippen LogP contribution in [0.5, 0.6) is 0 Å². The molecular formula is C11H23NOS. The Labute approximate surface area is 91.9 Å². The van der Waals surface area contributed by atoms with E-state index in [-0.39, 0.29) is 0 Å². The summed E-state index contributed by atoms with van der Waals surface area (Å²) in [5, 5.41) is 13.7. The molecule has 0 aromatic rings. The van der Waals surface area contributed by atoms with Crippen molar-refractivity contribution in [1.82, 2.24) is 5.32 Å². The fourth-order valence-corrected chi connectivity index (χ4v) is 2.77. The van der Waals surface area contributed by atoms with Gasteiger partial charge in [-0.25, -0.2) is 0 Å². The van der Waals surface area contributed by atoms with Crippen LogP contribution < -0.4 is 5.32 Å². The molecule has 1 heterocycles. The predicted octanol–water partition coefficient (Wildman–Crippen LogP) is 1.88. The summed E-state index contributed by atoms with van der Waals surface area (Å²) in [5.41, 5.74) is -0.436. The molecule has 0 bridgehead atoms. The molecule has 1 rings (SSSR count). The van der Waals surface area contributed by atoms with Crippen molar-refractivity contribution in [3.05, 3.63) is 0 Å². The monoisotopic (exact) mass is 217 g/mol. The molecule has 1 unspecified atom stereocenters. The van der Waals surface area contributed by atoms with E-state index in [1.54, 1.807) is 0 Å². The highest BCUT2D eigenvalue weighted by molar-refractivity contribution is 7.99. The highest BCUT2D eigenvalue weighted by Gasteiger charge is 2.29. The summed E-state index contributed by atoms with van der Waals surface area (Å²) >= 11 is 1.95. The lowest BCUT2D eigenvalue weighted by molar-refractivity contribution is 0.0287. The lowest BCUT2D eigenvalue weighted by Crippen LogP contribution is -2.47. The van der Waals surface area contributed by atoms with Crippen molar-refractivity contribution in [2.75, 3.05) is 18.1 Å². The highest BCUT2D eigenvalue weighted by atomic mass is 32.2. The van der Waals surface area contributed by atoms with Gasteiger partial charge in [-0.1, -0.05) is 13.8 Å². The zero-order valence-corrected chi connectivity index (χ0v) is 10.4. The van der Waals surface area contributed by atoms with E-state index >= 15 is 0 Å². The molecule has 1 atom stereocenters. The van der Waals surface area contributed by atoms with Gasteiger partial charge in [-0.2, -0.15) is 11.8 Å². The molecule has 0 aliphatic carbocycles. The Morgan fingerprint density at radius 1 is 1.29 bits per heavy atom. The molecule has 1 aliphatic heterocycles. The van der Waals surface area contributed by atoms with Crippen molar-refractivity contribution in [3.63, 3.8) is 0 Å². The van der Waals surface area contributed by atoms with Crippen LogP contribution in [0.25, 0.3) is 0 Å². The van der Waals surface area contributed by atoms with Crippen LogP contribution in [-0.2, 0) is 0 Å². The molecule has 84 valence electrons. The zero-order chi connectivity index (χ0) is 10.6. The Bertz CT molecular complexity index is 167. The van der Waals surface area contributed by atoms with E-state index in [0.29, 0.717) is 12.0 Å². The largest absolute Gasteiger partial charge is 0.389 e. The van der Waals surface area contributed by atoms with Gasteiger partial charge in [0.15, 0.2) is 0 Å². The maximum Gasteiger partial charge on any atom is 0.0787 e. The maximum absolute atomic E-state index is 10.2. The average Bonchev–Trinajstić information content (AvgIpc) is 2.15. The fourth-order valence-electron chi connectivity index (χ4n) is 1.51. The Hall–Kier alpha value is 0.270. The maximum atomic E-state index is 10.2. The first-order chi connectivity index (χ1) is 6.53. The van der Waals surface area contributed by atoms with Crippen LogP contribution in [0.3, 0.4) is 0 Å². The molecule has 0 aromatic carbocycles. The molecule has 1 saturated heterocycles. The van der Waals surface area contributed by atoms with Crippen LogP contribution >= 0.6 is 11.8 Å². The van der Waals surface area contributed by atoms with Crippen molar-refractivity contribution in [2.45, 2.75) is 45.3 Å². The summed E-state index contributed by atoms with van der Waals surface area (Å²) < 4.78 is 0. The molecule has 1 fully saturated rings. The summed E-state index contributed by atoms with van der Waals surface area (Å²) in [7, 11) is 0. The topological polar surface area (TPSA) is 32.3 Å². The van der Waals surface area contributed by atoms with Crippen LogP contribution in [0.1, 0.15) is 33.6 Å². The molecule has 3 heteroatoms. The SMILES string of the molecule is CC(C)C(C)NCC1(O)CCSCC1. The first kappa shape index (κ1) is 12.3. The van der Waals surface area contributed by atoms with E-state index in [1.165, 1.54) is 0 Å². The lowest BCUT2D eigenvalue weighted by Gasteiger charge is -2.33. The summed E-state index contributed by atoms with van der Waals surface area (Å²) in [4.78, 5) is 0. The minimum atomic E-state index is -0.436. The van der Waals surface area contributed by atoms with E-state index in [4.69, 9.17) is 0 Å². The Morgan fingerprint density at radius 2 is 1.86 bits per heavy atom. The molecule has 0 radical (unpaired) electrons.